The van der Waals surface area contributed by atoms with Crippen molar-refractivity contribution in [2.24, 2.45) is 0 Å². The first-order valence-corrected chi connectivity index (χ1v) is 10.7. The van der Waals surface area contributed by atoms with Gasteiger partial charge in [-0.15, -0.1) is 10.2 Å². The van der Waals surface area contributed by atoms with Gasteiger partial charge >= 0.3 is 0 Å². The number of thioether (sulfide) groups is 1. The van der Waals surface area contributed by atoms with Gasteiger partial charge in [-0.3, -0.25) is 4.57 Å². The van der Waals surface area contributed by atoms with Crippen LogP contribution in [-0.4, -0.2) is 14.8 Å². The van der Waals surface area contributed by atoms with Gasteiger partial charge in [-0.1, -0.05) is 71.9 Å². The van der Waals surface area contributed by atoms with Gasteiger partial charge in [-0.25, -0.2) is 0 Å². The molecule has 4 nitrogen and oxygen atoms in total. The van der Waals surface area contributed by atoms with Crippen molar-refractivity contribution in [2.45, 2.75) is 24.4 Å². The van der Waals surface area contributed by atoms with Crippen molar-refractivity contribution in [3.8, 4) is 5.69 Å². The predicted octanol–water partition coefficient (Wildman–Crippen LogP) is 6.13. The Balaban J connectivity index is 1.59. The highest BCUT2D eigenvalue weighted by atomic mass is 35.5. The third-order valence-electron chi connectivity index (χ3n) is 4.55. The summed E-state index contributed by atoms with van der Waals surface area (Å²) in [7, 11) is 0. The number of nitrogens with one attached hydrogen (secondary N) is 1. The van der Waals surface area contributed by atoms with E-state index in [0.717, 1.165) is 38.7 Å². The summed E-state index contributed by atoms with van der Waals surface area (Å²) in [4.78, 5) is 0. The third-order valence-corrected chi connectivity index (χ3v) is 5.79. The number of para-hydroxylation sites is 1. The van der Waals surface area contributed by atoms with Gasteiger partial charge in [0.25, 0.3) is 0 Å². The standard InChI is InChI=1S/C23H21ClN4S/c1-17-14-19(24)12-13-21(17)25-15-22-26-27-23(28(22)20-10-6-3-7-11-20)29-16-18-8-4-2-5-9-18/h2-14,25H,15-16H2,1H3. The molecule has 1 aromatic heterocycles. The molecule has 4 aromatic rings. The summed E-state index contributed by atoms with van der Waals surface area (Å²) in [6, 6.07) is 26.5. The maximum Gasteiger partial charge on any atom is 0.196 e. The minimum Gasteiger partial charge on any atom is -0.378 e. The number of hydrogen-bond donors (Lipinski definition) is 1. The van der Waals surface area contributed by atoms with Crippen molar-refractivity contribution in [2.75, 3.05) is 5.32 Å². The largest absolute Gasteiger partial charge is 0.378 e. The number of anilines is 1. The molecule has 0 bridgehead atoms. The monoisotopic (exact) mass is 420 g/mol. The lowest BCUT2D eigenvalue weighted by Gasteiger charge is -2.13. The second kappa shape index (κ2) is 9.16. The van der Waals surface area contributed by atoms with Crippen LogP contribution in [0.5, 0.6) is 0 Å². The number of benzene rings is 3. The highest BCUT2D eigenvalue weighted by molar-refractivity contribution is 7.98. The number of rotatable bonds is 7. The number of halogens is 1. The quantitative estimate of drug-likeness (QED) is 0.365. The second-order valence-corrected chi connectivity index (χ2v) is 8.04. The molecule has 0 unspecified atom stereocenters. The Hall–Kier alpha value is -2.76. The Kier molecular flexibility index (Phi) is 6.17. The molecule has 146 valence electrons. The molecule has 0 saturated carbocycles. The van der Waals surface area contributed by atoms with Crippen LogP contribution in [0.3, 0.4) is 0 Å². The smallest absolute Gasteiger partial charge is 0.196 e. The Labute approximate surface area is 180 Å². The molecule has 4 rings (SSSR count). The van der Waals surface area contributed by atoms with Crippen LogP contribution in [0.4, 0.5) is 5.69 Å². The van der Waals surface area contributed by atoms with Gasteiger partial charge in [-0.2, -0.15) is 0 Å². The van der Waals surface area contributed by atoms with Crippen molar-refractivity contribution in [3.05, 3.63) is 101 Å². The molecular formula is C23H21ClN4S. The molecule has 0 fully saturated rings. The van der Waals surface area contributed by atoms with Gasteiger partial charge in [0.15, 0.2) is 11.0 Å². The molecule has 3 aromatic carbocycles. The van der Waals surface area contributed by atoms with Crippen molar-refractivity contribution in [1.29, 1.82) is 0 Å². The van der Waals surface area contributed by atoms with Gasteiger partial charge in [-0.05, 0) is 48.4 Å². The number of aryl methyl sites for hydroxylation is 1. The van der Waals surface area contributed by atoms with Crippen LogP contribution in [0.25, 0.3) is 5.69 Å². The topological polar surface area (TPSA) is 42.7 Å². The van der Waals surface area contributed by atoms with Gasteiger partial charge in [0.1, 0.15) is 0 Å². The minimum atomic E-state index is 0.566. The van der Waals surface area contributed by atoms with E-state index >= 15 is 0 Å². The Morgan fingerprint density at radius 3 is 2.38 bits per heavy atom. The number of aromatic nitrogens is 3. The third kappa shape index (κ3) is 4.81. The molecule has 0 aliphatic carbocycles. The molecule has 1 N–H and O–H groups in total. The van der Waals surface area contributed by atoms with E-state index in [9.17, 15) is 0 Å². The van der Waals surface area contributed by atoms with E-state index in [0.29, 0.717) is 6.54 Å². The van der Waals surface area contributed by atoms with E-state index in [4.69, 9.17) is 11.6 Å². The van der Waals surface area contributed by atoms with E-state index in [-0.39, 0.29) is 0 Å². The molecule has 0 aliphatic heterocycles. The fraction of sp³-hybridized carbons (Fsp3) is 0.130. The molecular weight excluding hydrogens is 400 g/mol. The molecule has 1 heterocycles. The Bertz CT molecular complexity index is 1080. The van der Waals surface area contributed by atoms with E-state index in [2.05, 4.69) is 56.5 Å². The summed E-state index contributed by atoms with van der Waals surface area (Å²) < 4.78 is 2.12. The summed E-state index contributed by atoms with van der Waals surface area (Å²) >= 11 is 7.76. The molecule has 29 heavy (non-hydrogen) atoms. The van der Waals surface area contributed by atoms with Gasteiger partial charge < -0.3 is 5.32 Å². The van der Waals surface area contributed by atoms with Crippen LogP contribution in [0, 0.1) is 6.92 Å². The second-order valence-electron chi connectivity index (χ2n) is 6.66. The number of hydrogen-bond acceptors (Lipinski definition) is 4. The van der Waals surface area contributed by atoms with Gasteiger partial charge in [0.05, 0.1) is 6.54 Å². The maximum atomic E-state index is 6.07. The first-order chi connectivity index (χ1) is 14.2. The summed E-state index contributed by atoms with van der Waals surface area (Å²) in [6.07, 6.45) is 0. The SMILES string of the molecule is Cc1cc(Cl)ccc1NCc1nnc(SCc2ccccc2)n1-c1ccccc1. The van der Waals surface area contributed by atoms with E-state index in [1.54, 1.807) is 11.8 Å². The van der Waals surface area contributed by atoms with Crippen LogP contribution in [0.2, 0.25) is 5.02 Å². The molecule has 0 radical (unpaired) electrons. The van der Waals surface area contributed by atoms with Crippen LogP contribution >= 0.6 is 23.4 Å². The molecule has 0 saturated heterocycles. The normalized spacial score (nSPS) is 10.8. The van der Waals surface area contributed by atoms with Crippen molar-refractivity contribution >= 4 is 29.1 Å². The van der Waals surface area contributed by atoms with Gasteiger partial charge in [0, 0.05) is 22.2 Å². The average Bonchev–Trinajstić information content (AvgIpc) is 3.16. The zero-order chi connectivity index (χ0) is 20.1. The molecule has 0 aliphatic rings. The lowest BCUT2D eigenvalue weighted by atomic mass is 10.2. The molecule has 0 spiro atoms. The summed E-state index contributed by atoms with van der Waals surface area (Å²) in [5.74, 6) is 1.70. The van der Waals surface area contributed by atoms with Crippen LogP contribution in [0.1, 0.15) is 17.0 Å². The maximum absolute atomic E-state index is 6.07. The average molecular weight is 421 g/mol. The summed E-state index contributed by atoms with van der Waals surface area (Å²) in [5, 5.41) is 14.0. The van der Waals surface area contributed by atoms with Crippen molar-refractivity contribution in [3.63, 3.8) is 0 Å². The fourth-order valence-electron chi connectivity index (χ4n) is 3.07. The van der Waals surface area contributed by atoms with E-state index < -0.39 is 0 Å². The zero-order valence-corrected chi connectivity index (χ0v) is 17.6. The van der Waals surface area contributed by atoms with Gasteiger partial charge in [0.2, 0.25) is 0 Å². The van der Waals surface area contributed by atoms with Crippen molar-refractivity contribution < 1.29 is 0 Å². The van der Waals surface area contributed by atoms with Crippen LogP contribution < -0.4 is 5.32 Å². The van der Waals surface area contributed by atoms with Crippen LogP contribution in [-0.2, 0) is 12.3 Å². The van der Waals surface area contributed by atoms with E-state index in [1.807, 2.05) is 49.4 Å². The zero-order valence-electron chi connectivity index (χ0n) is 16.0. The summed E-state index contributed by atoms with van der Waals surface area (Å²) in [5.41, 5.74) is 4.45. The minimum absolute atomic E-state index is 0.566. The molecule has 0 atom stereocenters. The van der Waals surface area contributed by atoms with Crippen molar-refractivity contribution in [1.82, 2.24) is 14.8 Å². The predicted molar refractivity (Wildman–Crippen MR) is 121 cm³/mol. The first kappa shape index (κ1) is 19.6. The Morgan fingerprint density at radius 2 is 1.66 bits per heavy atom. The highest BCUT2D eigenvalue weighted by Gasteiger charge is 2.15. The lowest BCUT2D eigenvalue weighted by molar-refractivity contribution is 0.840. The first-order valence-electron chi connectivity index (χ1n) is 9.37. The lowest BCUT2D eigenvalue weighted by Crippen LogP contribution is -2.09. The fourth-order valence-corrected chi connectivity index (χ4v) is 4.22. The van der Waals surface area contributed by atoms with Crippen LogP contribution in [0.15, 0.2) is 84.0 Å². The molecule has 0 amide bonds. The summed E-state index contributed by atoms with van der Waals surface area (Å²) in [6.45, 7) is 2.60. The Morgan fingerprint density at radius 1 is 0.931 bits per heavy atom. The molecule has 6 heteroatoms. The highest BCUT2D eigenvalue weighted by Crippen LogP contribution is 2.26. The number of nitrogens with zero attached hydrogens (tertiary/aromatic N) is 3. The van der Waals surface area contributed by atoms with E-state index in [1.165, 1.54) is 5.56 Å².